The summed E-state index contributed by atoms with van der Waals surface area (Å²) in [5, 5.41) is 4.00. The minimum Gasteiger partial charge on any atom is -0.457 e. The van der Waals surface area contributed by atoms with Gasteiger partial charge in [-0.2, -0.15) is 4.98 Å². The van der Waals surface area contributed by atoms with Crippen LogP contribution in [-0.4, -0.2) is 60.0 Å². The topological polar surface area (TPSA) is 96.6 Å². The summed E-state index contributed by atoms with van der Waals surface area (Å²) in [5.41, 5.74) is 8.38. The van der Waals surface area contributed by atoms with Crippen LogP contribution in [0.3, 0.4) is 0 Å². The second kappa shape index (κ2) is 10.8. The van der Waals surface area contributed by atoms with E-state index in [1.54, 1.807) is 6.07 Å². The van der Waals surface area contributed by atoms with E-state index < -0.39 is 0 Å². The molecule has 0 bridgehead atoms. The fourth-order valence-corrected chi connectivity index (χ4v) is 4.56. The molecule has 1 unspecified atom stereocenters. The number of carbonyl (C=O) groups is 1. The Kier molecular flexibility index (Phi) is 7.18. The van der Waals surface area contributed by atoms with Crippen LogP contribution in [0.1, 0.15) is 22.8 Å². The van der Waals surface area contributed by atoms with Gasteiger partial charge in [-0.1, -0.05) is 30.3 Å². The van der Waals surface area contributed by atoms with Crippen molar-refractivity contribution in [2.24, 2.45) is 0 Å². The van der Waals surface area contributed by atoms with Crippen LogP contribution in [-0.2, 0) is 6.42 Å². The third-order valence-corrected chi connectivity index (χ3v) is 6.58. The Hall–Kier alpha value is -4.17. The van der Waals surface area contributed by atoms with Crippen molar-refractivity contribution in [3.05, 3.63) is 83.9 Å². The van der Waals surface area contributed by atoms with Crippen molar-refractivity contribution in [3.8, 4) is 11.5 Å². The molecule has 8 heteroatoms. The van der Waals surface area contributed by atoms with Crippen LogP contribution in [0.15, 0.2) is 72.8 Å². The summed E-state index contributed by atoms with van der Waals surface area (Å²) < 4.78 is 5.86. The first-order valence-corrected chi connectivity index (χ1v) is 12.6. The molecule has 0 saturated carbocycles. The fraction of sp³-hybridized carbons (Fsp3) is 0.276. The Labute approximate surface area is 217 Å². The predicted molar refractivity (Wildman–Crippen MR) is 147 cm³/mol. The first-order chi connectivity index (χ1) is 17.9. The minimum atomic E-state index is -0.142. The molecule has 1 saturated heterocycles. The van der Waals surface area contributed by atoms with Gasteiger partial charge in [0.2, 0.25) is 5.95 Å². The summed E-state index contributed by atoms with van der Waals surface area (Å²) >= 11 is 0. The number of nitrogens with zero attached hydrogens (tertiary/aromatic N) is 4. The van der Waals surface area contributed by atoms with Gasteiger partial charge in [-0.05, 0) is 68.4 Å². The summed E-state index contributed by atoms with van der Waals surface area (Å²) in [6, 6.07) is 23.1. The Morgan fingerprint density at radius 2 is 1.68 bits per heavy atom. The number of hydrogen-bond donors (Lipinski definition) is 2. The molecule has 3 N–H and O–H groups in total. The summed E-state index contributed by atoms with van der Waals surface area (Å²) in [5.74, 6) is 2.48. The van der Waals surface area contributed by atoms with Gasteiger partial charge in [0, 0.05) is 43.2 Å². The van der Waals surface area contributed by atoms with E-state index in [4.69, 9.17) is 10.5 Å². The number of aromatic nitrogens is 2. The number of fused-ring (bicyclic) bond motifs is 1. The SMILES string of the molecule is CC(Cc1ccc(Oc2ccccc2)cc1)NC(=O)c1ccc2c(N3CCN(C)CC3)nc(N)nc2c1. The Balaban J connectivity index is 1.24. The quantitative estimate of drug-likeness (QED) is 0.397. The van der Waals surface area contributed by atoms with Gasteiger partial charge >= 0.3 is 0 Å². The van der Waals surface area contributed by atoms with Gasteiger partial charge in [0.05, 0.1) is 5.52 Å². The second-order valence-electron chi connectivity index (χ2n) is 9.57. The zero-order valence-corrected chi connectivity index (χ0v) is 21.2. The highest BCUT2D eigenvalue weighted by Gasteiger charge is 2.20. The molecule has 0 radical (unpaired) electrons. The van der Waals surface area contributed by atoms with Crippen LogP contribution in [0.4, 0.5) is 11.8 Å². The molecule has 3 aromatic carbocycles. The lowest BCUT2D eigenvalue weighted by Crippen LogP contribution is -2.45. The van der Waals surface area contributed by atoms with Crippen molar-refractivity contribution in [2.75, 3.05) is 43.9 Å². The van der Waals surface area contributed by atoms with Crippen molar-refractivity contribution < 1.29 is 9.53 Å². The number of likely N-dealkylation sites (N-methyl/N-ethyl adjacent to an activating group) is 1. The lowest BCUT2D eigenvalue weighted by atomic mass is 10.1. The molecule has 1 aromatic heterocycles. The number of anilines is 2. The highest BCUT2D eigenvalue weighted by molar-refractivity contribution is 6.00. The largest absolute Gasteiger partial charge is 0.457 e. The van der Waals surface area contributed by atoms with Gasteiger partial charge in [-0.3, -0.25) is 4.79 Å². The van der Waals surface area contributed by atoms with Crippen LogP contribution in [0, 0.1) is 0 Å². The van der Waals surface area contributed by atoms with E-state index in [1.807, 2.05) is 73.7 Å². The van der Waals surface area contributed by atoms with Gasteiger partial charge in [-0.25, -0.2) is 4.98 Å². The molecule has 0 spiro atoms. The number of ether oxygens (including phenoxy) is 1. The fourth-order valence-electron chi connectivity index (χ4n) is 4.56. The number of nitrogens with two attached hydrogens (primary N) is 1. The third-order valence-electron chi connectivity index (χ3n) is 6.58. The Bertz CT molecular complexity index is 1370. The van der Waals surface area contributed by atoms with Crippen LogP contribution in [0.25, 0.3) is 10.9 Å². The number of rotatable bonds is 7. The monoisotopic (exact) mass is 496 g/mol. The molecular weight excluding hydrogens is 464 g/mol. The standard InChI is InChI=1S/C29H32N6O2/c1-20(18-21-8-11-24(12-9-21)37-23-6-4-3-5-7-23)31-28(36)22-10-13-25-26(19-22)32-29(30)33-27(25)35-16-14-34(2)15-17-35/h3-13,19-20H,14-18H2,1-2H3,(H,31,36)(H2,30,32,33). The van der Waals surface area contributed by atoms with Gasteiger partial charge in [0.25, 0.3) is 5.91 Å². The third kappa shape index (κ3) is 5.98. The summed E-state index contributed by atoms with van der Waals surface area (Å²) in [6.45, 7) is 5.68. The van der Waals surface area contributed by atoms with E-state index in [1.165, 1.54) is 0 Å². The molecule has 8 nitrogen and oxygen atoms in total. The molecule has 1 aliphatic heterocycles. The number of piperazine rings is 1. The van der Waals surface area contributed by atoms with Crippen molar-refractivity contribution in [1.29, 1.82) is 0 Å². The van der Waals surface area contributed by atoms with Crippen molar-refractivity contribution >= 4 is 28.6 Å². The van der Waals surface area contributed by atoms with E-state index in [9.17, 15) is 4.79 Å². The number of nitrogens with one attached hydrogen (secondary N) is 1. The first-order valence-electron chi connectivity index (χ1n) is 12.6. The van der Waals surface area contributed by atoms with E-state index in [2.05, 4.69) is 32.1 Å². The average molecular weight is 497 g/mol. The van der Waals surface area contributed by atoms with E-state index in [0.29, 0.717) is 17.5 Å². The summed E-state index contributed by atoms with van der Waals surface area (Å²) in [7, 11) is 2.12. The molecule has 1 aliphatic rings. The highest BCUT2D eigenvalue weighted by atomic mass is 16.5. The molecule has 1 atom stereocenters. The molecule has 37 heavy (non-hydrogen) atoms. The smallest absolute Gasteiger partial charge is 0.251 e. The number of carbonyl (C=O) groups excluding carboxylic acids is 1. The Morgan fingerprint density at radius 1 is 0.973 bits per heavy atom. The van der Waals surface area contributed by atoms with Crippen LogP contribution >= 0.6 is 0 Å². The van der Waals surface area contributed by atoms with Gasteiger partial charge < -0.3 is 25.6 Å². The van der Waals surface area contributed by atoms with Crippen LogP contribution in [0.2, 0.25) is 0 Å². The molecule has 190 valence electrons. The number of benzene rings is 3. The lowest BCUT2D eigenvalue weighted by Gasteiger charge is -2.33. The van der Waals surface area contributed by atoms with Crippen molar-refractivity contribution in [1.82, 2.24) is 20.2 Å². The van der Waals surface area contributed by atoms with Crippen molar-refractivity contribution in [2.45, 2.75) is 19.4 Å². The van der Waals surface area contributed by atoms with Crippen LogP contribution in [0.5, 0.6) is 11.5 Å². The van der Waals surface area contributed by atoms with Gasteiger partial charge in [0.1, 0.15) is 17.3 Å². The molecule has 0 aliphatic carbocycles. The molecule has 1 amide bonds. The molecular formula is C29H32N6O2. The zero-order valence-electron chi connectivity index (χ0n) is 21.2. The van der Waals surface area contributed by atoms with Crippen molar-refractivity contribution in [3.63, 3.8) is 0 Å². The zero-order chi connectivity index (χ0) is 25.8. The normalized spacial score (nSPS) is 14.9. The second-order valence-corrected chi connectivity index (χ2v) is 9.57. The summed E-state index contributed by atoms with van der Waals surface area (Å²) in [6.07, 6.45) is 0.702. The maximum atomic E-state index is 13.0. The maximum Gasteiger partial charge on any atom is 0.251 e. The van der Waals surface area contributed by atoms with Gasteiger partial charge in [-0.15, -0.1) is 0 Å². The number of para-hydroxylation sites is 1. The summed E-state index contributed by atoms with van der Waals surface area (Å²) in [4.78, 5) is 26.5. The average Bonchev–Trinajstić information content (AvgIpc) is 2.90. The molecule has 4 aromatic rings. The van der Waals surface area contributed by atoms with Gasteiger partial charge in [0.15, 0.2) is 0 Å². The minimum absolute atomic E-state index is 0.0551. The van der Waals surface area contributed by atoms with E-state index in [0.717, 1.165) is 54.4 Å². The van der Waals surface area contributed by atoms with E-state index >= 15 is 0 Å². The number of nitrogen functional groups attached to an aromatic ring is 1. The molecule has 1 fully saturated rings. The van der Waals surface area contributed by atoms with Crippen LogP contribution < -0.4 is 20.7 Å². The number of hydrogen-bond acceptors (Lipinski definition) is 7. The maximum absolute atomic E-state index is 13.0. The molecule has 2 heterocycles. The predicted octanol–water partition coefficient (Wildman–Crippen LogP) is 4.12. The highest BCUT2D eigenvalue weighted by Crippen LogP contribution is 2.27. The number of amides is 1. The molecule has 5 rings (SSSR count). The lowest BCUT2D eigenvalue weighted by molar-refractivity contribution is 0.0940. The first kappa shape index (κ1) is 24.5. The van der Waals surface area contributed by atoms with E-state index in [-0.39, 0.29) is 17.9 Å². The Morgan fingerprint density at radius 3 is 2.41 bits per heavy atom.